The first kappa shape index (κ1) is 13.7. The molecule has 2 rings (SSSR count). The van der Waals surface area contributed by atoms with Crippen molar-refractivity contribution in [2.45, 2.75) is 39.2 Å². The highest BCUT2D eigenvalue weighted by molar-refractivity contribution is 5.67. The highest BCUT2D eigenvalue weighted by atomic mass is 16.6. The Morgan fingerprint density at radius 3 is 2.79 bits per heavy atom. The average Bonchev–Trinajstić information content (AvgIpc) is 2.68. The number of alkyl carbamates (subject to hydrolysis) is 1. The van der Waals surface area contributed by atoms with E-state index < -0.39 is 5.60 Å². The molecular weight excluding hydrogens is 242 g/mol. The number of hydrogen-bond donors (Lipinski definition) is 2. The summed E-state index contributed by atoms with van der Waals surface area (Å²) in [6.07, 6.45) is 1.31. The Bertz CT molecular complexity index is 477. The molecule has 0 saturated carbocycles. The topological polar surface area (TPSA) is 58.6 Å². The maximum absolute atomic E-state index is 11.6. The molecule has 2 N–H and O–H groups in total. The zero-order valence-corrected chi connectivity index (χ0v) is 11.7. The van der Waals surface area contributed by atoms with Gasteiger partial charge >= 0.3 is 6.09 Å². The molecule has 4 heteroatoms. The van der Waals surface area contributed by atoms with Crippen molar-refractivity contribution in [2.75, 3.05) is 6.54 Å². The number of aromatic hydroxyl groups is 1. The predicted molar refractivity (Wildman–Crippen MR) is 73.2 cm³/mol. The second-order valence-electron chi connectivity index (χ2n) is 6.07. The fourth-order valence-corrected chi connectivity index (χ4v) is 2.41. The molecule has 19 heavy (non-hydrogen) atoms. The summed E-state index contributed by atoms with van der Waals surface area (Å²) in [4.78, 5) is 11.6. The molecule has 0 saturated heterocycles. The molecule has 0 heterocycles. The number of phenols is 1. The van der Waals surface area contributed by atoms with Crippen molar-refractivity contribution in [3.8, 4) is 5.75 Å². The van der Waals surface area contributed by atoms with Crippen LogP contribution in [-0.4, -0.2) is 23.3 Å². The van der Waals surface area contributed by atoms with E-state index in [1.165, 1.54) is 5.56 Å². The Balaban J connectivity index is 1.85. The van der Waals surface area contributed by atoms with Crippen LogP contribution < -0.4 is 5.32 Å². The van der Waals surface area contributed by atoms with Gasteiger partial charge in [0.15, 0.2) is 0 Å². The molecule has 1 aromatic rings. The Morgan fingerprint density at radius 1 is 1.42 bits per heavy atom. The molecule has 1 aliphatic carbocycles. The van der Waals surface area contributed by atoms with E-state index in [0.717, 1.165) is 18.4 Å². The van der Waals surface area contributed by atoms with Crippen molar-refractivity contribution in [3.05, 3.63) is 29.3 Å². The van der Waals surface area contributed by atoms with Gasteiger partial charge in [-0.15, -0.1) is 0 Å². The Morgan fingerprint density at radius 2 is 2.16 bits per heavy atom. The van der Waals surface area contributed by atoms with Crippen molar-refractivity contribution < 1.29 is 14.6 Å². The van der Waals surface area contributed by atoms with Crippen molar-refractivity contribution in [2.24, 2.45) is 5.92 Å². The van der Waals surface area contributed by atoms with E-state index in [4.69, 9.17) is 4.74 Å². The first-order chi connectivity index (χ1) is 8.85. The summed E-state index contributed by atoms with van der Waals surface area (Å²) in [5.74, 6) is 0.688. The second-order valence-corrected chi connectivity index (χ2v) is 6.07. The highest BCUT2D eigenvalue weighted by Crippen LogP contribution is 2.32. The van der Waals surface area contributed by atoms with Gasteiger partial charge < -0.3 is 15.2 Å². The lowest BCUT2D eigenvalue weighted by molar-refractivity contribution is 0.0520. The summed E-state index contributed by atoms with van der Waals surface area (Å²) in [5.41, 5.74) is 1.72. The van der Waals surface area contributed by atoms with Gasteiger partial charge in [0.2, 0.25) is 0 Å². The smallest absolute Gasteiger partial charge is 0.407 e. The van der Waals surface area contributed by atoms with Crippen LogP contribution in [0.1, 0.15) is 31.9 Å². The van der Waals surface area contributed by atoms with E-state index in [-0.39, 0.29) is 6.09 Å². The molecule has 0 aliphatic heterocycles. The molecular formula is C15H21NO3. The predicted octanol–water partition coefficient (Wildman–Crippen LogP) is 2.63. The minimum atomic E-state index is -0.471. The van der Waals surface area contributed by atoms with Crippen LogP contribution in [0.15, 0.2) is 18.2 Å². The number of fused-ring (bicyclic) bond motifs is 1. The fourth-order valence-electron chi connectivity index (χ4n) is 2.41. The summed E-state index contributed by atoms with van der Waals surface area (Å²) < 4.78 is 5.20. The standard InChI is InChI=1S/C15H21NO3/c1-15(2,3)19-14(18)16-9-10-7-11-5-4-6-13(17)12(11)8-10/h4-6,10,17H,7-9H2,1-3H3,(H,16,18). The van der Waals surface area contributed by atoms with Gasteiger partial charge in [-0.3, -0.25) is 0 Å². The van der Waals surface area contributed by atoms with Crippen LogP contribution >= 0.6 is 0 Å². The van der Waals surface area contributed by atoms with Gasteiger partial charge in [-0.05, 0) is 56.7 Å². The quantitative estimate of drug-likeness (QED) is 0.862. The third-order valence-electron chi connectivity index (χ3n) is 3.18. The number of amides is 1. The van der Waals surface area contributed by atoms with Crippen LogP contribution in [0.3, 0.4) is 0 Å². The lowest BCUT2D eigenvalue weighted by atomic mass is 10.1. The van der Waals surface area contributed by atoms with Crippen LogP contribution in [0.25, 0.3) is 0 Å². The molecule has 1 aromatic carbocycles. The zero-order chi connectivity index (χ0) is 14.0. The molecule has 1 aliphatic rings. The van der Waals surface area contributed by atoms with E-state index in [1.54, 1.807) is 6.07 Å². The van der Waals surface area contributed by atoms with Gasteiger partial charge in [0, 0.05) is 6.54 Å². The van der Waals surface area contributed by atoms with Crippen molar-refractivity contribution in [3.63, 3.8) is 0 Å². The molecule has 0 aromatic heterocycles. The maximum atomic E-state index is 11.6. The number of nitrogens with one attached hydrogen (secondary N) is 1. The van der Waals surface area contributed by atoms with E-state index in [0.29, 0.717) is 18.2 Å². The number of phenolic OH excluding ortho intramolecular Hbond substituents is 1. The van der Waals surface area contributed by atoms with Crippen molar-refractivity contribution in [1.82, 2.24) is 5.32 Å². The number of carbonyl (C=O) groups is 1. The third kappa shape index (κ3) is 3.63. The lowest BCUT2D eigenvalue weighted by Gasteiger charge is -2.20. The van der Waals surface area contributed by atoms with Crippen LogP contribution in [0.4, 0.5) is 4.79 Å². The SMILES string of the molecule is CC(C)(C)OC(=O)NCC1Cc2cccc(O)c2C1. The Kier molecular flexibility index (Phi) is 3.69. The van der Waals surface area contributed by atoms with Crippen LogP contribution in [0.5, 0.6) is 5.75 Å². The van der Waals surface area contributed by atoms with Gasteiger partial charge in [0.05, 0.1) is 0 Å². The van der Waals surface area contributed by atoms with Crippen LogP contribution in [0, 0.1) is 5.92 Å². The monoisotopic (exact) mass is 263 g/mol. The normalized spacial score (nSPS) is 17.9. The van der Waals surface area contributed by atoms with E-state index in [9.17, 15) is 9.90 Å². The lowest BCUT2D eigenvalue weighted by Crippen LogP contribution is -2.35. The van der Waals surface area contributed by atoms with Gasteiger partial charge in [0.1, 0.15) is 11.4 Å². The molecule has 1 unspecified atom stereocenters. The van der Waals surface area contributed by atoms with Crippen LogP contribution in [0.2, 0.25) is 0 Å². The van der Waals surface area contributed by atoms with E-state index in [2.05, 4.69) is 5.32 Å². The summed E-state index contributed by atoms with van der Waals surface area (Å²) in [7, 11) is 0. The first-order valence-electron chi connectivity index (χ1n) is 6.62. The molecule has 1 atom stereocenters. The Labute approximate surface area is 113 Å². The summed E-state index contributed by atoms with van der Waals surface area (Å²) >= 11 is 0. The minimum absolute atomic E-state index is 0.329. The number of carbonyl (C=O) groups excluding carboxylic acids is 1. The fraction of sp³-hybridized carbons (Fsp3) is 0.533. The van der Waals surface area contributed by atoms with Gasteiger partial charge in [-0.1, -0.05) is 12.1 Å². The van der Waals surface area contributed by atoms with E-state index in [1.807, 2.05) is 32.9 Å². The largest absolute Gasteiger partial charge is 0.508 e. The molecule has 104 valence electrons. The maximum Gasteiger partial charge on any atom is 0.407 e. The summed E-state index contributed by atoms with van der Waals surface area (Å²) in [6, 6.07) is 5.60. The zero-order valence-electron chi connectivity index (χ0n) is 11.7. The molecule has 0 bridgehead atoms. The highest BCUT2D eigenvalue weighted by Gasteiger charge is 2.25. The molecule has 0 radical (unpaired) electrons. The van der Waals surface area contributed by atoms with Gasteiger partial charge in [0.25, 0.3) is 0 Å². The third-order valence-corrected chi connectivity index (χ3v) is 3.18. The molecule has 4 nitrogen and oxygen atoms in total. The average molecular weight is 263 g/mol. The first-order valence-corrected chi connectivity index (χ1v) is 6.62. The van der Waals surface area contributed by atoms with Crippen LogP contribution in [-0.2, 0) is 17.6 Å². The van der Waals surface area contributed by atoms with Crippen molar-refractivity contribution in [1.29, 1.82) is 0 Å². The number of benzene rings is 1. The van der Waals surface area contributed by atoms with Gasteiger partial charge in [-0.2, -0.15) is 0 Å². The number of hydrogen-bond acceptors (Lipinski definition) is 3. The molecule has 0 spiro atoms. The van der Waals surface area contributed by atoms with Gasteiger partial charge in [-0.25, -0.2) is 4.79 Å². The Hall–Kier alpha value is -1.71. The molecule has 0 fully saturated rings. The number of rotatable bonds is 2. The summed E-state index contributed by atoms with van der Waals surface area (Å²) in [5, 5.41) is 12.6. The summed E-state index contributed by atoms with van der Waals surface area (Å²) in [6.45, 7) is 6.10. The van der Waals surface area contributed by atoms with E-state index >= 15 is 0 Å². The second kappa shape index (κ2) is 5.11. The minimum Gasteiger partial charge on any atom is -0.508 e. The number of ether oxygens (including phenoxy) is 1. The van der Waals surface area contributed by atoms with Crippen molar-refractivity contribution >= 4 is 6.09 Å². The molecule has 1 amide bonds.